The fourth-order valence-corrected chi connectivity index (χ4v) is 3.32. The highest BCUT2D eigenvalue weighted by Gasteiger charge is 2.43. The molecule has 1 fully saturated rings. The highest BCUT2D eigenvalue weighted by Crippen LogP contribution is 2.45. The first-order valence-corrected chi connectivity index (χ1v) is 9.18. The van der Waals surface area contributed by atoms with Crippen molar-refractivity contribution in [2.45, 2.75) is 83.0 Å². The van der Waals surface area contributed by atoms with Gasteiger partial charge in [-0.05, 0) is 58.6 Å². The molecule has 0 atom stereocenters. The van der Waals surface area contributed by atoms with Crippen LogP contribution in [0.25, 0.3) is 11.2 Å². The minimum Gasteiger partial charge on any atom is -0.390 e. The molecule has 4 nitrogen and oxygen atoms in total. The number of aliphatic hydroxyl groups is 1. The third-order valence-electron chi connectivity index (χ3n) is 5.07. The molecule has 0 spiro atoms. The first-order valence-electron chi connectivity index (χ1n) is 9.18. The van der Waals surface area contributed by atoms with E-state index in [1.54, 1.807) is 13.8 Å². The van der Waals surface area contributed by atoms with E-state index in [1.807, 2.05) is 11.5 Å². The van der Waals surface area contributed by atoms with Crippen LogP contribution in [0.5, 0.6) is 0 Å². The van der Waals surface area contributed by atoms with Crippen LogP contribution in [-0.4, -0.2) is 25.2 Å². The Morgan fingerprint density at radius 3 is 2.38 bits per heavy atom. The maximum atomic E-state index is 13.0. The van der Waals surface area contributed by atoms with Gasteiger partial charge in [0.05, 0.1) is 5.60 Å². The van der Waals surface area contributed by atoms with Crippen LogP contribution >= 0.6 is 0 Å². The van der Waals surface area contributed by atoms with Crippen molar-refractivity contribution in [1.29, 1.82) is 0 Å². The molecule has 3 rings (SSSR count). The fourth-order valence-electron chi connectivity index (χ4n) is 3.32. The van der Waals surface area contributed by atoms with Crippen molar-refractivity contribution in [1.82, 2.24) is 14.5 Å². The minimum absolute atomic E-state index is 0.172. The van der Waals surface area contributed by atoms with Crippen LogP contribution in [0.15, 0.2) is 12.1 Å². The zero-order valence-electron chi connectivity index (χ0n) is 15.5. The predicted octanol–water partition coefficient (Wildman–Crippen LogP) is 4.83. The normalized spacial score (nSPS) is 17.0. The van der Waals surface area contributed by atoms with Gasteiger partial charge >= 0.3 is 6.18 Å². The predicted molar refractivity (Wildman–Crippen MR) is 93.9 cm³/mol. The van der Waals surface area contributed by atoms with Crippen LogP contribution in [0.4, 0.5) is 13.2 Å². The number of halogens is 3. The van der Waals surface area contributed by atoms with Crippen LogP contribution in [0.2, 0.25) is 0 Å². The summed E-state index contributed by atoms with van der Waals surface area (Å²) in [4.78, 5) is 8.47. The summed E-state index contributed by atoms with van der Waals surface area (Å²) in [7, 11) is 0. The van der Waals surface area contributed by atoms with Gasteiger partial charge in [-0.3, -0.25) is 0 Å². The average molecular weight is 369 g/mol. The number of pyridine rings is 1. The van der Waals surface area contributed by atoms with Gasteiger partial charge in [-0.2, -0.15) is 13.2 Å². The Morgan fingerprint density at radius 2 is 1.81 bits per heavy atom. The zero-order valence-corrected chi connectivity index (χ0v) is 15.5. The van der Waals surface area contributed by atoms with Crippen molar-refractivity contribution in [2.24, 2.45) is 0 Å². The van der Waals surface area contributed by atoms with E-state index in [1.165, 1.54) is 6.07 Å². The summed E-state index contributed by atoms with van der Waals surface area (Å²) in [6, 6.07) is 2.42. The summed E-state index contributed by atoms with van der Waals surface area (Å²) in [5, 5.41) is 9.76. The molecule has 1 aliphatic rings. The van der Waals surface area contributed by atoms with Gasteiger partial charge in [0.1, 0.15) is 17.0 Å². The van der Waals surface area contributed by atoms with E-state index in [9.17, 15) is 18.3 Å². The Balaban J connectivity index is 1.81. The number of fused-ring (bicyclic) bond motifs is 1. The fraction of sp³-hybridized carbons (Fsp3) is 0.684. The van der Waals surface area contributed by atoms with Crippen molar-refractivity contribution in [3.8, 4) is 0 Å². The van der Waals surface area contributed by atoms with Crippen molar-refractivity contribution in [3.05, 3.63) is 23.7 Å². The molecule has 26 heavy (non-hydrogen) atoms. The van der Waals surface area contributed by atoms with E-state index >= 15 is 0 Å². The first kappa shape index (κ1) is 19.1. The summed E-state index contributed by atoms with van der Waals surface area (Å²) in [5.41, 5.74) is -0.836. The highest BCUT2D eigenvalue weighted by atomic mass is 19.4. The molecule has 2 aromatic rings. The van der Waals surface area contributed by atoms with Crippen LogP contribution < -0.4 is 0 Å². The molecule has 7 heteroatoms. The molecule has 0 bridgehead atoms. The van der Waals surface area contributed by atoms with Crippen LogP contribution in [0, 0.1) is 0 Å². The average Bonchev–Trinajstić information content (AvgIpc) is 3.13. The summed E-state index contributed by atoms with van der Waals surface area (Å²) < 4.78 is 41.0. The Labute approximate surface area is 151 Å². The highest BCUT2D eigenvalue weighted by molar-refractivity contribution is 5.72. The molecule has 0 aliphatic heterocycles. The third kappa shape index (κ3) is 4.19. The number of aryl methyl sites for hydroxylation is 1. The molecule has 144 valence electrons. The number of unbranched alkanes of at least 4 members (excludes halogenated alkanes) is 2. The van der Waals surface area contributed by atoms with Gasteiger partial charge in [-0.15, -0.1) is 0 Å². The Morgan fingerprint density at radius 1 is 1.12 bits per heavy atom. The second-order valence-corrected chi connectivity index (χ2v) is 8.27. The molecule has 2 aromatic heterocycles. The van der Waals surface area contributed by atoms with Gasteiger partial charge in [0, 0.05) is 12.0 Å². The molecule has 1 N–H and O–H groups in total. The SMILES string of the molecule is CC(C)(O)CCCCCc1nc2ccc(C(F)(F)F)nc2n1C1(C)CC1. The number of rotatable bonds is 7. The maximum Gasteiger partial charge on any atom is 0.433 e. The second kappa shape index (κ2) is 6.51. The second-order valence-electron chi connectivity index (χ2n) is 8.27. The van der Waals surface area contributed by atoms with Gasteiger partial charge in [-0.25, -0.2) is 9.97 Å². The van der Waals surface area contributed by atoms with Crippen molar-refractivity contribution in [2.75, 3.05) is 0 Å². The van der Waals surface area contributed by atoms with Gasteiger partial charge in [-0.1, -0.05) is 12.8 Å². The summed E-state index contributed by atoms with van der Waals surface area (Å²) in [6.45, 7) is 5.64. The minimum atomic E-state index is -4.45. The number of hydrogen-bond donors (Lipinski definition) is 1. The number of nitrogens with zero attached hydrogens (tertiary/aromatic N) is 3. The van der Waals surface area contributed by atoms with Gasteiger partial charge < -0.3 is 9.67 Å². The van der Waals surface area contributed by atoms with E-state index in [4.69, 9.17) is 0 Å². The van der Waals surface area contributed by atoms with Gasteiger partial charge in [0.25, 0.3) is 0 Å². The lowest BCUT2D eigenvalue weighted by atomic mass is 10.0. The molecule has 0 amide bonds. The van der Waals surface area contributed by atoms with Crippen molar-refractivity contribution < 1.29 is 18.3 Å². The number of imidazole rings is 1. The van der Waals surface area contributed by atoms with Gasteiger partial charge in [0.15, 0.2) is 5.65 Å². The van der Waals surface area contributed by atoms with Crippen LogP contribution in [0.3, 0.4) is 0 Å². The molecular weight excluding hydrogens is 343 g/mol. The lowest BCUT2D eigenvalue weighted by molar-refractivity contribution is -0.141. The molecule has 1 aliphatic carbocycles. The van der Waals surface area contributed by atoms with E-state index in [0.29, 0.717) is 17.6 Å². The van der Waals surface area contributed by atoms with Crippen LogP contribution in [-0.2, 0) is 18.1 Å². The standard InChI is InChI=1S/C19H26F3N3O/c1-17(2,26)10-6-4-5-7-15-23-13-8-9-14(19(20,21)22)24-16(13)25(15)18(3)11-12-18/h8-9,26H,4-7,10-12H2,1-3H3. The monoisotopic (exact) mass is 369 g/mol. The topological polar surface area (TPSA) is 50.9 Å². The van der Waals surface area contributed by atoms with Crippen molar-refractivity contribution in [3.63, 3.8) is 0 Å². The molecular formula is C19H26F3N3O. The molecule has 0 unspecified atom stereocenters. The molecule has 2 heterocycles. The molecule has 1 saturated carbocycles. The number of alkyl halides is 3. The summed E-state index contributed by atoms with van der Waals surface area (Å²) in [5.74, 6) is 0.815. The molecule has 0 radical (unpaired) electrons. The number of hydrogen-bond acceptors (Lipinski definition) is 3. The summed E-state index contributed by atoms with van der Waals surface area (Å²) >= 11 is 0. The lowest BCUT2D eigenvalue weighted by Gasteiger charge is -2.17. The maximum absolute atomic E-state index is 13.0. The largest absolute Gasteiger partial charge is 0.433 e. The lowest BCUT2D eigenvalue weighted by Crippen LogP contribution is -2.18. The van der Waals surface area contributed by atoms with Crippen LogP contribution in [0.1, 0.15) is 70.8 Å². The zero-order chi connectivity index (χ0) is 19.2. The Bertz CT molecular complexity index is 786. The Hall–Kier alpha value is -1.63. The smallest absolute Gasteiger partial charge is 0.390 e. The molecule has 0 saturated heterocycles. The molecule has 0 aromatic carbocycles. The van der Waals surface area contributed by atoms with Crippen molar-refractivity contribution >= 4 is 11.2 Å². The first-order chi connectivity index (χ1) is 12.0. The van der Waals surface area contributed by atoms with E-state index < -0.39 is 17.5 Å². The quantitative estimate of drug-likeness (QED) is 0.711. The third-order valence-corrected chi connectivity index (χ3v) is 5.07. The van der Waals surface area contributed by atoms with E-state index in [0.717, 1.165) is 50.4 Å². The number of aromatic nitrogens is 3. The summed E-state index contributed by atoms with van der Waals surface area (Å²) in [6.07, 6.45) is 1.61. The van der Waals surface area contributed by atoms with Gasteiger partial charge in [0.2, 0.25) is 0 Å². The van der Waals surface area contributed by atoms with E-state index in [-0.39, 0.29) is 5.54 Å². The van der Waals surface area contributed by atoms with E-state index in [2.05, 4.69) is 9.97 Å². The Kier molecular flexibility index (Phi) is 4.80.